The van der Waals surface area contributed by atoms with Crippen LogP contribution >= 0.6 is 0 Å². The number of hydrogen-bond donors (Lipinski definition) is 2. The second kappa shape index (κ2) is 12.4. The molecule has 2 aromatic heterocycles. The van der Waals surface area contributed by atoms with E-state index in [4.69, 9.17) is 9.47 Å². The van der Waals surface area contributed by atoms with E-state index in [9.17, 15) is 13.6 Å². The van der Waals surface area contributed by atoms with Crippen LogP contribution in [-0.2, 0) is 11.2 Å². The molecular formula is C29H35F2N6O3+. The number of nitrogens with zero attached hydrogens (tertiary/aromatic N) is 4. The Morgan fingerprint density at radius 1 is 1.07 bits per heavy atom. The summed E-state index contributed by atoms with van der Waals surface area (Å²) in [5.74, 6) is -2.00. The van der Waals surface area contributed by atoms with Gasteiger partial charge >= 0.3 is 0 Å². The number of anilines is 2. The molecular weight excluding hydrogens is 518 g/mol. The van der Waals surface area contributed by atoms with Crippen molar-refractivity contribution in [3.63, 3.8) is 0 Å². The van der Waals surface area contributed by atoms with Crippen molar-refractivity contribution in [3.05, 3.63) is 71.7 Å². The normalized spacial score (nSPS) is 11.6. The molecule has 0 radical (unpaired) electrons. The Balaban J connectivity index is 1.48. The van der Waals surface area contributed by atoms with Crippen LogP contribution in [0.25, 0.3) is 16.9 Å². The van der Waals surface area contributed by atoms with Gasteiger partial charge in [0.2, 0.25) is 5.82 Å². The molecule has 0 unspecified atom stereocenters. The third-order valence-corrected chi connectivity index (χ3v) is 6.40. The number of halogens is 2. The highest BCUT2D eigenvalue weighted by Gasteiger charge is 2.19. The van der Waals surface area contributed by atoms with E-state index in [-0.39, 0.29) is 17.2 Å². The monoisotopic (exact) mass is 553 g/mol. The molecule has 0 aliphatic carbocycles. The lowest BCUT2D eigenvalue weighted by Crippen LogP contribution is -2.38. The van der Waals surface area contributed by atoms with Crippen molar-refractivity contribution < 1.29 is 27.5 Å². The fourth-order valence-corrected chi connectivity index (χ4v) is 4.19. The lowest BCUT2D eigenvalue weighted by atomic mass is 10.0. The number of imidazole rings is 1. The van der Waals surface area contributed by atoms with Crippen LogP contribution in [0.15, 0.2) is 48.9 Å². The Morgan fingerprint density at radius 2 is 1.88 bits per heavy atom. The number of aryl methyl sites for hydroxylation is 1. The minimum Gasteiger partial charge on any atom is -0.494 e. The number of amides is 1. The minimum absolute atomic E-state index is 0.0466. The molecule has 0 aliphatic heterocycles. The molecule has 0 atom stereocenters. The van der Waals surface area contributed by atoms with Crippen molar-refractivity contribution in [2.24, 2.45) is 0 Å². The fourth-order valence-electron chi connectivity index (χ4n) is 4.19. The maximum atomic E-state index is 14.8. The first-order valence-corrected chi connectivity index (χ1v) is 13.0. The standard InChI is InChI=1S/C29H34F2N6O3/c1-6-19-17-20(7-8-21(19)29(38)33-12-15-40-16-14-37(2,3)4)35-27-28-34-18-23(36(28)13-11-32-27)22-9-10-24(39-5)26(31)25(22)30/h7-11,13,17-18H,6,12,14-16H2,1-5H3,(H-,32,33,35,38)/p+1. The largest absolute Gasteiger partial charge is 0.494 e. The third-order valence-electron chi connectivity index (χ3n) is 6.40. The summed E-state index contributed by atoms with van der Waals surface area (Å²) in [6, 6.07) is 8.26. The van der Waals surface area contributed by atoms with E-state index in [0.717, 1.165) is 16.6 Å². The van der Waals surface area contributed by atoms with Crippen LogP contribution in [0.4, 0.5) is 20.3 Å². The summed E-state index contributed by atoms with van der Waals surface area (Å²) in [5, 5.41) is 6.16. The van der Waals surface area contributed by atoms with Crippen LogP contribution in [0, 0.1) is 11.6 Å². The molecule has 2 N–H and O–H groups in total. The Kier molecular flexibility index (Phi) is 8.96. The molecule has 0 spiro atoms. The topological polar surface area (TPSA) is 89.8 Å². The molecule has 0 saturated heterocycles. The Bertz CT molecular complexity index is 1500. The van der Waals surface area contributed by atoms with Crippen LogP contribution in [-0.4, -0.2) is 79.3 Å². The van der Waals surface area contributed by atoms with Crippen molar-refractivity contribution in [1.29, 1.82) is 0 Å². The minimum atomic E-state index is -1.06. The molecule has 11 heteroatoms. The van der Waals surface area contributed by atoms with Gasteiger partial charge in [-0.2, -0.15) is 4.39 Å². The van der Waals surface area contributed by atoms with Gasteiger partial charge in [0.25, 0.3) is 5.91 Å². The molecule has 0 aliphatic rings. The number of carbonyl (C=O) groups is 1. The highest BCUT2D eigenvalue weighted by Crippen LogP contribution is 2.31. The number of nitrogens with one attached hydrogen (secondary N) is 2. The molecule has 0 bridgehead atoms. The Labute approximate surface area is 232 Å². The van der Waals surface area contributed by atoms with Gasteiger partial charge in [-0.15, -0.1) is 0 Å². The van der Waals surface area contributed by atoms with E-state index in [1.165, 1.54) is 25.4 Å². The number of rotatable bonds is 12. The highest BCUT2D eigenvalue weighted by atomic mass is 19.2. The molecule has 4 aromatic rings. The van der Waals surface area contributed by atoms with Gasteiger partial charge in [-0.1, -0.05) is 6.92 Å². The van der Waals surface area contributed by atoms with Gasteiger partial charge in [0, 0.05) is 35.8 Å². The van der Waals surface area contributed by atoms with E-state index in [2.05, 4.69) is 41.7 Å². The van der Waals surface area contributed by atoms with Crippen LogP contribution in [0.1, 0.15) is 22.8 Å². The maximum absolute atomic E-state index is 14.8. The lowest BCUT2D eigenvalue weighted by Gasteiger charge is -2.23. The highest BCUT2D eigenvalue weighted by molar-refractivity contribution is 5.96. The molecule has 0 saturated carbocycles. The summed E-state index contributed by atoms with van der Waals surface area (Å²) in [5.41, 5.74) is 3.00. The van der Waals surface area contributed by atoms with Gasteiger partial charge < -0.3 is 24.6 Å². The van der Waals surface area contributed by atoms with Crippen LogP contribution in [0.5, 0.6) is 5.75 Å². The average molecular weight is 554 g/mol. The SMILES string of the molecule is CCc1cc(Nc2nccn3c(-c4ccc(OC)c(F)c4F)cnc23)ccc1C(=O)NCCOCC[N+](C)(C)C. The van der Waals surface area contributed by atoms with Crippen molar-refractivity contribution in [1.82, 2.24) is 19.7 Å². The van der Waals surface area contributed by atoms with Gasteiger partial charge in [-0.25, -0.2) is 14.4 Å². The summed E-state index contributed by atoms with van der Waals surface area (Å²) in [7, 11) is 7.59. The zero-order chi connectivity index (χ0) is 28.9. The summed E-state index contributed by atoms with van der Waals surface area (Å²) < 4.78 is 42.1. The smallest absolute Gasteiger partial charge is 0.251 e. The lowest BCUT2D eigenvalue weighted by molar-refractivity contribution is -0.870. The molecule has 0 fully saturated rings. The van der Waals surface area contributed by atoms with E-state index in [1.54, 1.807) is 28.9 Å². The number of carbonyl (C=O) groups excluding carboxylic acids is 1. The maximum Gasteiger partial charge on any atom is 0.251 e. The number of ether oxygens (including phenoxy) is 2. The summed E-state index contributed by atoms with van der Waals surface area (Å²) >= 11 is 0. The zero-order valence-corrected chi connectivity index (χ0v) is 23.4. The van der Waals surface area contributed by atoms with Gasteiger partial charge in [0.15, 0.2) is 23.0 Å². The van der Waals surface area contributed by atoms with E-state index >= 15 is 0 Å². The molecule has 1 amide bonds. The number of benzene rings is 2. The number of quaternary nitrogens is 1. The number of likely N-dealkylation sites (N-methyl/N-ethyl adjacent to an activating group) is 1. The molecule has 4 rings (SSSR count). The van der Waals surface area contributed by atoms with Crippen LogP contribution in [0.2, 0.25) is 0 Å². The predicted molar refractivity (Wildman–Crippen MR) is 150 cm³/mol. The summed E-state index contributed by atoms with van der Waals surface area (Å²) in [4.78, 5) is 21.6. The van der Waals surface area contributed by atoms with Gasteiger partial charge in [0.1, 0.15) is 6.54 Å². The van der Waals surface area contributed by atoms with E-state index in [0.29, 0.717) is 54.6 Å². The second-order valence-electron chi connectivity index (χ2n) is 10.3. The number of hydrogen-bond acceptors (Lipinski definition) is 6. The first-order chi connectivity index (χ1) is 19.1. The van der Waals surface area contributed by atoms with Crippen molar-refractivity contribution in [3.8, 4) is 17.0 Å². The molecule has 2 aromatic carbocycles. The first-order valence-electron chi connectivity index (χ1n) is 13.0. The fraction of sp³-hybridized carbons (Fsp3) is 0.345. The van der Waals surface area contributed by atoms with Crippen LogP contribution in [0.3, 0.4) is 0 Å². The number of fused-ring (bicyclic) bond motifs is 1. The summed E-state index contributed by atoms with van der Waals surface area (Å²) in [6.07, 6.45) is 5.28. The summed E-state index contributed by atoms with van der Waals surface area (Å²) in [6.45, 7) is 4.37. The van der Waals surface area contributed by atoms with Crippen molar-refractivity contribution >= 4 is 23.1 Å². The van der Waals surface area contributed by atoms with Crippen molar-refractivity contribution in [2.45, 2.75) is 13.3 Å². The van der Waals surface area contributed by atoms with Crippen molar-refractivity contribution in [2.75, 3.05) is 59.9 Å². The van der Waals surface area contributed by atoms with E-state index < -0.39 is 11.6 Å². The van der Waals surface area contributed by atoms with Gasteiger partial charge in [-0.3, -0.25) is 9.20 Å². The quantitative estimate of drug-likeness (QED) is 0.199. The zero-order valence-electron chi connectivity index (χ0n) is 23.4. The average Bonchev–Trinajstić information content (AvgIpc) is 3.36. The molecule has 212 valence electrons. The Morgan fingerprint density at radius 3 is 2.60 bits per heavy atom. The second-order valence-corrected chi connectivity index (χ2v) is 10.3. The Hall–Kier alpha value is -4.09. The van der Waals surface area contributed by atoms with E-state index in [1.807, 2.05) is 13.0 Å². The predicted octanol–water partition coefficient (Wildman–Crippen LogP) is 4.44. The van der Waals surface area contributed by atoms with Gasteiger partial charge in [-0.05, 0) is 42.3 Å². The number of aromatic nitrogens is 3. The first kappa shape index (κ1) is 28.9. The molecule has 40 heavy (non-hydrogen) atoms. The third kappa shape index (κ3) is 6.54. The molecule has 9 nitrogen and oxygen atoms in total. The van der Waals surface area contributed by atoms with Crippen LogP contribution < -0.4 is 15.4 Å². The number of methoxy groups -OCH3 is 1. The molecule has 2 heterocycles. The van der Waals surface area contributed by atoms with Gasteiger partial charge in [0.05, 0.1) is 53.4 Å².